The van der Waals surface area contributed by atoms with Crippen molar-refractivity contribution in [3.63, 3.8) is 0 Å². The van der Waals surface area contributed by atoms with Crippen molar-refractivity contribution >= 4 is 23.0 Å². The third kappa shape index (κ3) is 5.68. The Morgan fingerprint density at radius 2 is 1.51 bits per heavy atom. The van der Waals surface area contributed by atoms with Crippen molar-refractivity contribution in [3.05, 3.63) is 108 Å². The SMILES string of the molecule is Cc1nc2ccccc2n1C1C[C@H]2CC[C@@H](C1)N2CCC1(c2ccccc2)CCN(C(=O)CC=Cc2ccccc2)CC1. The summed E-state index contributed by atoms with van der Waals surface area (Å²) in [7, 11) is 0. The lowest BCUT2D eigenvalue weighted by Gasteiger charge is -2.45. The summed E-state index contributed by atoms with van der Waals surface area (Å²) in [6.07, 6.45) is 12.8. The van der Waals surface area contributed by atoms with Gasteiger partial charge in [-0.3, -0.25) is 9.69 Å². The van der Waals surface area contributed by atoms with E-state index in [1.54, 1.807) is 0 Å². The smallest absolute Gasteiger partial charge is 0.226 e. The Hall–Kier alpha value is -3.70. The number of amides is 1. The molecule has 3 fully saturated rings. The van der Waals surface area contributed by atoms with Gasteiger partial charge in [-0.1, -0.05) is 84.9 Å². The molecule has 3 atom stereocenters. The van der Waals surface area contributed by atoms with E-state index in [-0.39, 0.29) is 11.3 Å². The number of aryl methyl sites for hydroxylation is 1. The third-order valence-corrected chi connectivity index (χ3v) is 10.7. The Labute approximate surface area is 256 Å². The average molecular weight is 573 g/mol. The fraction of sp³-hybridized carbons (Fsp3) is 0.421. The molecule has 4 aromatic rings. The second-order valence-corrected chi connectivity index (χ2v) is 13.1. The van der Waals surface area contributed by atoms with E-state index in [1.165, 1.54) is 36.8 Å². The van der Waals surface area contributed by atoms with Crippen LogP contribution < -0.4 is 0 Å². The number of rotatable bonds is 8. The summed E-state index contributed by atoms with van der Waals surface area (Å²) in [5.74, 6) is 1.40. The average Bonchev–Trinajstić information content (AvgIpc) is 3.51. The van der Waals surface area contributed by atoms with Crippen molar-refractivity contribution in [2.45, 2.75) is 81.8 Å². The second kappa shape index (κ2) is 12.1. The number of nitrogens with zero attached hydrogens (tertiary/aromatic N) is 4. The van der Waals surface area contributed by atoms with Crippen LogP contribution in [0.2, 0.25) is 0 Å². The summed E-state index contributed by atoms with van der Waals surface area (Å²) in [5, 5.41) is 0. The Bertz CT molecular complexity index is 1550. The highest BCUT2D eigenvalue weighted by Gasteiger charge is 2.44. The number of fused-ring (bicyclic) bond motifs is 3. The zero-order valence-corrected chi connectivity index (χ0v) is 25.4. The Balaban J connectivity index is 1.01. The van der Waals surface area contributed by atoms with E-state index in [2.05, 4.69) is 94.1 Å². The van der Waals surface area contributed by atoms with Gasteiger partial charge in [0, 0.05) is 37.6 Å². The Morgan fingerprint density at radius 1 is 0.860 bits per heavy atom. The highest BCUT2D eigenvalue weighted by atomic mass is 16.2. The van der Waals surface area contributed by atoms with Gasteiger partial charge in [0.25, 0.3) is 0 Å². The molecule has 3 saturated heterocycles. The molecule has 43 heavy (non-hydrogen) atoms. The van der Waals surface area contributed by atoms with Gasteiger partial charge in [0.15, 0.2) is 0 Å². The minimum absolute atomic E-state index is 0.130. The first-order valence-electron chi connectivity index (χ1n) is 16.3. The maximum absolute atomic E-state index is 13.1. The van der Waals surface area contributed by atoms with Crippen molar-refractivity contribution < 1.29 is 4.79 Å². The van der Waals surface area contributed by atoms with Crippen LogP contribution in [0.5, 0.6) is 0 Å². The number of likely N-dealkylation sites (tertiary alicyclic amines) is 1. The zero-order valence-electron chi connectivity index (χ0n) is 25.4. The molecule has 1 amide bonds. The van der Waals surface area contributed by atoms with Crippen molar-refractivity contribution in [1.29, 1.82) is 0 Å². The van der Waals surface area contributed by atoms with E-state index in [1.807, 2.05) is 24.3 Å². The summed E-state index contributed by atoms with van der Waals surface area (Å²) < 4.78 is 2.53. The van der Waals surface area contributed by atoms with Crippen LogP contribution in [0.15, 0.2) is 91.0 Å². The molecule has 5 nitrogen and oxygen atoms in total. The predicted octanol–water partition coefficient (Wildman–Crippen LogP) is 7.57. The number of carbonyl (C=O) groups excluding carboxylic acids is 1. The lowest BCUT2D eigenvalue weighted by Crippen LogP contribution is -2.49. The summed E-state index contributed by atoms with van der Waals surface area (Å²) in [6, 6.07) is 31.9. The van der Waals surface area contributed by atoms with Gasteiger partial charge in [-0.2, -0.15) is 0 Å². The fourth-order valence-corrected chi connectivity index (χ4v) is 8.44. The molecule has 0 saturated carbocycles. The monoisotopic (exact) mass is 572 g/mol. The maximum atomic E-state index is 13.1. The van der Waals surface area contributed by atoms with Gasteiger partial charge in [-0.25, -0.2) is 4.98 Å². The topological polar surface area (TPSA) is 41.4 Å². The number of hydrogen-bond donors (Lipinski definition) is 0. The highest BCUT2D eigenvalue weighted by Crippen LogP contribution is 2.45. The van der Waals surface area contributed by atoms with Crippen molar-refractivity contribution in [1.82, 2.24) is 19.4 Å². The quantitative estimate of drug-likeness (QED) is 0.219. The van der Waals surface area contributed by atoms with Crippen LogP contribution in [0.25, 0.3) is 17.1 Å². The molecule has 4 heterocycles. The van der Waals surface area contributed by atoms with Crippen LogP contribution in [0.3, 0.4) is 0 Å². The van der Waals surface area contributed by atoms with Crippen LogP contribution in [0.1, 0.15) is 74.4 Å². The maximum Gasteiger partial charge on any atom is 0.226 e. The molecule has 0 radical (unpaired) electrons. The first-order chi connectivity index (χ1) is 21.1. The van der Waals surface area contributed by atoms with Crippen LogP contribution in [0.4, 0.5) is 0 Å². The van der Waals surface area contributed by atoms with Crippen LogP contribution in [-0.2, 0) is 10.2 Å². The zero-order chi connectivity index (χ0) is 29.2. The van der Waals surface area contributed by atoms with Crippen molar-refractivity contribution in [2.24, 2.45) is 0 Å². The molecule has 0 spiro atoms. The van der Waals surface area contributed by atoms with Gasteiger partial charge in [-0.15, -0.1) is 0 Å². The number of carbonyl (C=O) groups is 1. The van der Waals surface area contributed by atoms with Crippen molar-refractivity contribution in [2.75, 3.05) is 19.6 Å². The molecule has 1 unspecified atom stereocenters. The minimum Gasteiger partial charge on any atom is -0.342 e. The number of benzene rings is 3. The lowest BCUT2D eigenvalue weighted by atomic mass is 9.70. The summed E-state index contributed by atoms with van der Waals surface area (Å²) in [4.78, 5) is 23.0. The molecule has 3 aliphatic rings. The van der Waals surface area contributed by atoms with Crippen molar-refractivity contribution in [3.8, 4) is 0 Å². The highest BCUT2D eigenvalue weighted by molar-refractivity contribution is 5.79. The molecule has 3 aromatic carbocycles. The van der Waals surface area contributed by atoms with E-state index in [4.69, 9.17) is 4.98 Å². The molecular formula is C38H44N4O. The predicted molar refractivity (Wildman–Crippen MR) is 175 cm³/mol. The Morgan fingerprint density at radius 3 is 2.23 bits per heavy atom. The van der Waals surface area contributed by atoms with Gasteiger partial charge >= 0.3 is 0 Å². The molecule has 0 N–H and O–H groups in total. The summed E-state index contributed by atoms with van der Waals surface area (Å²) in [6.45, 7) is 5.01. The molecule has 5 heteroatoms. The second-order valence-electron chi connectivity index (χ2n) is 13.1. The van der Waals surface area contributed by atoms with Crippen LogP contribution >= 0.6 is 0 Å². The van der Waals surface area contributed by atoms with E-state index in [0.717, 1.165) is 55.8 Å². The molecule has 222 valence electrons. The van der Waals surface area contributed by atoms with Gasteiger partial charge in [0.2, 0.25) is 5.91 Å². The van der Waals surface area contributed by atoms with Crippen LogP contribution in [0, 0.1) is 6.92 Å². The van der Waals surface area contributed by atoms with E-state index >= 15 is 0 Å². The first-order valence-corrected chi connectivity index (χ1v) is 16.3. The van der Waals surface area contributed by atoms with Gasteiger partial charge in [0.05, 0.1) is 11.0 Å². The molecule has 1 aromatic heterocycles. The van der Waals surface area contributed by atoms with Gasteiger partial charge < -0.3 is 9.47 Å². The number of para-hydroxylation sites is 2. The number of imidazole rings is 1. The van der Waals surface area contributed by atoms with Gasteiger partial charge in [0.1, 0.15) is 5.82 Å². The van der Waals surface area contributed by atoms with E-state index in [0.29, 0.717) is 24.5 Å². The molecule has 2 bridgehead atoms. The number of piperidine rings is 2. The summed E-state index contributed by atoms with van der Waals surface area (Å²) >= 11 is 0. The third-order valence-electron chi connectivity index (χ3n) is 10.7. The van der Waals surface area contributed by atoms with Crippen LogP contribution in [-0.4, -0.2) is 57.0 Å². The Kier molecular flexibility index (Phi) is 7.92. The normalized spacial score (nSPS) is 23.7. The number of aromatic nitrogens is 2. The number of hydrogen-bond acceptors (Lipinski definition) is 3. The first kappa shape index (κ1) is 28.1. The lowest BCUT2D eigenvalue weighted by molar-refractivity contribution is -0.132. The minimum atomic E-state index is 0.130. The molecular weight excluding hydrogens is 528 g/mol. The van der Waals surface area contributed by atoms with Gasteiger partial charge in [-0.05, 0) is 87.1 Å². The molecule has 3 aliphatic heterocycles. The standard InChI is InChI=1S/C38H44N4O/c1-29-39-35-16-8-9-17-36(35)42(29)34-27-32-19-20-33(28-34)41(32)26-23-38(31-14-6-3-7-15-31)21-24-40(25-22-38)37(43)18-10-13-30-11-4-2-5-12-30/h2-17,32-34H,18-28H2,1H3/t32-,33+,34?. The summed E-state index contributed by atoms with van der Waals surface area (Å²) in [5.41, 5.74) is 5.14. The molecule has 0 aliphatic carbocycles. The van der Waals surface area contributed by atoms with E-state index in [9.17, 15) is 4.79 Å². The largest absolute Gasteiger partial charge is 0.342 e. The fourth-order valence-electron chi connectivity index (χ4n) is 8.44. The van der Waals surface area contributed by atoms with E-state index < -0.39 is 0 Å². The molecule has 7 rings (SSSR count).